The lowest BCUT2D eigenvalue weighted by Gasteiger charge is -2.41. The molecule has 0 amide bonds. The van der Waals surface area contributed by atoms with Crippen LogP contribution in [0.5, 0.6) is 0 Å². The highest BCUT2D eigenvalue weighted by Gasteiger charge is 2.26. The highest BCUT2D eigenvalue weighted by molar-refractivity contribution is 5.95. The number of anilines is 1. The van der Waals surface area contributed by atoms with E-state index in [1.807, 2.05) is 6.07 Å². The maximum Gasteiger partial charge on any atom is 0.159 e. The highest BCUT2D eigenvalue weighted by atomic mass is 16.3. The van der Waals surface area contributed by atoms with Gasteiger partial charge in [0.25, 0.3) is 0 Å². The fraction of sp³-hybridized carbons (Fsp3) is 0.529. The highest BCUT2D eigenvalue weighted by Crippen LogP contribution is 2.25. The van der Waals surface area contributed by atoms with E-state index in [-0.39, 0.29) is 17.9 Å². The lowest BCUT2D eigenvalue weighted by Crippen LogP contribution is -2.53. The van der Waals surface area contributed by atoms with E-state index in [0.29, 0.717) is 17.7 Å². The average molecular weight is 301 g/mol. The number of carbonyl (C=O) groups excluding carboxylic acids is 1. The third-order valence-electron chi connectivity index (χ3n) is 4.13. The van der Waals surface area contributed by atoms with Gasteiger partial charge in [0.2, 0.25) is 0 Å². The Kier molecular flexibility index (Phi) is 5.17. The van der Waals surface area contributed by atoms with Crippen LogP contribution in [0.2, 0.25) is 0 Å². The minimum atomic E-state index is -0.343. The summed E-state index contributed by atoms with van der Waals surface area (Å²) in [6.07, 6.45) is -0.343. The average Bonchev–Trinajstić information content (AvgIpc) is 2.48. The molecule has 1 aliphatic rings. The number of piperazine rings is 1. The Hall–Kier alpha value is -1.90. The largest absolute Gasteiger partial charge is 0.392 e. The van der Waals surface area contributed by atoms with Gasteiger partial charge < -0.3 is 10.0 Å². The number of nitriles is 1. The first-order valence-corrected chi connectivity index (χ1v) is 7.64. The summed E-state index contributed by atoms with van der Waals surface area (Å²) in [5, 5.41) is 18.9. The first kappa shape index (κ1) is 16.5. The molecule has 0 radical (unpaired) electrons. The van der Waals surface area contributed by atoms with Crippen LogP contribution in [-0.2, 0) is 0 Å². The fourth-order valence-corrected chi connectivity index (χ4v) is 2.93. The number of aliphatic hydroxyl groups excluding tert-OH is 1. The Labute approximate surface area is 131 Å². The Balaban J connectivity index is 2.21. The van der Waals surface area contributed by atoms with Crippen LogP contribution >= 0.6 is 0 Å². The topological polar surface area (TPSA) is 67.6 Å². The van der Waals surface area contributed by atoms with Crippen LogP contribution in [0.3, 0.4) is 0 Å². The van der Waals surface area contributed by atoms with E-state index in [9.17, 15) is 15.2 Å². The molecule has 2 unspecified atom stereocenters. The van der Waals surface area contributed by atoms with Crippen molar-refractivity contribution in [3.8, 4) is 6.07 Å². The molecule has 0 aliphatic carbocycles. The van der Waals surface area contributed by atoms with E-state index >= 15 is 0 Å². The summed E-state index contributed by atoms with van der Waals surface area (Å²) in [5.41, 5.74) is 2.06. The summed E-state index contributed by atoms with van der Waals surface area (Å²) in [7, 11) is 0. The number of aliphatic hydroxyl groups is 1. The zero-order valence-electron chi connectivity index (χ0n) is 13.4. The summed E-state index contributed by atoms with van der Waals surface area (Å²) in [6, 6.07) is 7.74. The number of Topliss-reactive ketones (excluding diaryl/α,β-unsaturated/α-hetero) is 1. The number of β-amino-alcohol motifs (C(OH)–C–C–N with tert-alkyl or cyclic N) is 1. The second kappa shape index (κ2) is 6.91. The quantitative estimate of drug-likeness (QED) is 0.857. The van der Waals surface area contributed by atoms with E-state index in [0.717, 1.165) is 25.3 Å². The molecule has 22 heavy (non-hydrogen) atoms. The van der Waals surface area contributed by atoms with Crippen LogP contribution in [0.4, 0.5) is 5.69 Å². The summed E-state index contributed by atoms with van der Waals surface area (Å²) < 4.78 is 0. The maximum absolute atomic E-state index is 11.6. The normalized spacial score (nSPS) is 20.5. The minimum Gasteiger partial charge on any atom is -0.392 e. The first-order valence-electron chi connectivity index (χ1n) is 7.64. The van der Waals surface area contributed by atoms with Gasteiger partial charge in [0.1, 0.15) is 6.07 Å². The maximum atomic E-state index is 11.6. The molecule has 5 heteroatoms. The van der Waals surface area contributed by atoms with Crippen LogP contribution in [0.25, 0.3) is 0 Å². The molecule has 1 heterocycles. The summed E-state index contributed by atoms with van der Waals surface area (Å²) in [6.45, 7) is 8.51. The molecule has 2 rings (SSSR count). The molecule has 1 N–H and O–H groups in total. The zero-order chi connectivity index (χ0) is 16.3. The predicted molar refractivity (Wildman–Crippen MR) is 86.1 cm³/mol. The lowest BCUT2D eigenvalue weighted by atomic mass is 10.0. The number of rotatable bonds is 4. The number of benzene rings is 1. The summed E-state index contributed by atoms with van der Waals surface area (Å²) in [4.78, 5) is 16.0. The predicted octanol–water partition coefficient (Wildman–Crippen LogP) is 1.65. The van der Waals surface area contributed by atoms with Crippen molar-refractivity contribution in [2.24, 2.45) is 0 Å². The molecule has 1 saturated heterocycles. The second-order valence-electron chi connectivity index (χ2n) is 6.04. The monoisotopic (exact) mass is 301 g/mol. The van der Waals surface area contributed by atoms with Gasteiger partial charge in [-0.25, -0.2) is 0 Å². The van der Waals surface area contributed by atoms with Gasteiger partial charge in [0.05, 0.1) is 17.4 Å². The van der Waals surface area contributed by atoms with E-state index in [1.165, 1.54) is 6.92 Å². The van der Waals surface area contributed by atoms with Crippen LogP contribution < -0.4 is 4.90 Å². The van der Waals surface area contributed by atoms with E-state index in [4.69, 9.17) is 0 Å². The van der Waals surface area contributed by atoms with Gasteiger partial charge in [0, 0.05) is 37.8 Å². The van der Waals surface area contributed by atoms with Crippen LogP contribution in [0.15, 0.2) is 18.2 Å². The van der Waals surface area contributed by atoms with Gasteiger partial charge in [-0.2, -0.15) is 5.26 Å². The molecular formula is C17H23N3O2. The molecule has 1 aromatic rings. The second-order valence-corrected chi connectivity index (χ2v) is 6.04. The van der Waals surface area contributed by atoms with E-state index in [1.54, 1.807) is 19.1 Å². The molecule has 1 aromatic carbocycles. The molecule has 0 bridgehead atoms. The molecule has 0 aromatic heterocycles. The molecule has 118 valence electrons. The van der Waals surface area contributed by atoms with Crippen molar-refractivity contribution in [3.63, 3.8) is 0 Å². The van der Waals surface area contributed by atoms with Gasteiger partial charge >= 0.3 is 0 Å². The number of hydrogen-bond donors (Lipinski definition) is 1. The van der Waals surface area contributed by atoms with Crippen LogP contribution in [-0.4, -0.2) is 54.1 Å². The van der Waals surface area contributed by atoms with Crippen molar-refractivity contribution in [1.82, 2.24) is 4.90 Å². The number of hydrogen-bond acceptors (Lipinski definition) is 5. The van der Waals surface area contributed by atoms with Crippen LogP contribution in [0.1, 0.15) is 36.7 Å². The van der Waals surface area contributed by atoms with E-state index in [2.05, 4.69) is 22.8 Å². The fourth-order valence-electron chi connectivity index (χ4n) is 2.93. The zero-order valence-corrected chi connectivity index (χ0v) is 13.4. The third-order valence-corrected chi connectivity index (χ3v) is 4.13. The van der Waals surface area contributed by atoms with Crippen molar-refractivity contribution < 1.29 is 9.90 Å². The standard InChI is InChI=1S/C17H23N3O2/c1-12-10-20(7-6-19(12)11-13(2)21)17-8-15(14(3)22)4-5-16(17)9-18/h4-5,8,12-13,21H,6-7,10-11H2,1-3H3. The van der Waals surface area contributed by atoms with Gasteiger partial charge in [-0.3, -0.25) is 9.69 Å². The lowest BCUT2D eigenvalue weighted by molar-refractivity contribution is 0.0959. The smallest absolute Gasteiger partial charge is 0.159 e. The minimum absolute atomic E-state index is 0.00605. The Bertz CT molecular complexity index is 592. The number of ketones is 1. The summed E-state index contributed by atoms with van der Waals surface area (Å²) in [5.74, 6) is 0.00605. The number of carbonyl (C=O) groups is 1. The molecule has 1 fully saturated rings. The van der Waals surface area contributed by atoms with Crippen molar-refractivity contribution in [3.05, 3.63) is 29.3 Å². The molecule has 0 spiro atoms. The first-order chi connectivity index (χ1) is 10.4. The Morgan fingerprint density at radius 3 is 2.77 bits per heavy atom. The van der Waals surface area contributed by atoms with Crippen molar-refractivity contribution >= 4 is 11.5 Å². The van der Waals surface area contributed by atoms with Crippen molar-refractivity contribution in [2.75, 3.05) is 31.1 Å². The van der Waals surface area contributed by atoms with Gasteiger partial charge in [-0.1, -0.05) is 0 Å². The number of nitrogens with zero attached hydrogens (tertiary/aromatic N) is 3. The summed E-state index contributed by atoms with van der Waals surface area (Å²) >= 11 is 0. The Morgan fingerprint density at radius 1 is 1.50 bits per heavy atom. The molecule has 1 aliphatic heterocycles. The molecular weight excluding hydrogens is 278 g/mol. The van der Waals surface area contributed by atoms with Gasteiger partial charge in [-0.15, -0.1) is 0 Å². The Morgan fingerprint density at radius 2 is 2.23 bits per heavy atom. The molecule has 2 atom stereocenters. The molecule has 0 saturated carbocycles. The van der Waals surface area contributed by atoms with Crippen LogP contribution in [0, 0.1) is 11.3 Å². The van der Waals surface area contributed by atoms with Crippen molar-refractivity contribution in [1.29, 1.82) is 5.26 Å². The van der Waals surface area contributed by atoms with E-state index < -0.39 is 0 Å². The molecule has 5 nitrogen and oxygen atoms in total. The van der Waals surface area contributed by atoms with Gasteiger partial charge in [-0.05, 0) is 39.0 Å². The van der Waals surface area contributed by atoms with Gasteiger partial charge in [0.15, 0.2) is 5.78 Å². The third kappa shape index (κ3) is 3.65. The van der Waals surface area contributed by atoms with Crippen molar-refractivity contribution in [2.45, 2.75) is 32.9 Å². The SMILES string of the molecule is CC(=O)c1ccc(C#N)c(N2CCN(CC(C)O)C(C)C2)c1.